The van der Waals surface area contributed by atoms with Crippen LogP contribution in [0.2, 0.25) is 5.02 Å². The van der Waals surface area contributed by atoms with Gasteiger partial charge in [0.15, 0.2) is 0 Å². The van der Waals surface area contributed by atoms with Gasteiger partial charge in [-0.1, -0.05) is 30.9 Å². The molecule has 1 saturated heterocycles. The molecule has 1 aromatic heterocycles. The second-order valence-corrected chi connectivity index (χ2v) is 7.30. The summed E-state index contributed by atoms with van der Waals surface area (Å²) in [4.78, 5) is 6.89. The number of piperidine rings is 1. The molecule has 2 nitrogen and oxygen atoms in total. The van der Waals surface area contributed by atoms with Crippen LogP contribution >= 0.6 is 27.5 Å². The van der Waals surface area contributed by atoms with Gasteiger partial charge >= 0.3 is 0 Å². The molecule has 2 heterocycles. The third-order valence-corrected chi connectivity index (χ3v) is 5.62. The van der Waals surface area contributed by atoms with E-state index in [2.05, 4.69) is 25.8 Å². The second-order valence-electron chi connectivity index (χ2n) is 6.01. The Morgan fingerprint density at radius 2 is 1.79 bits per heavy atom. The highest BCUT2D eigenvalue weighted by Gasteiger charge is 2.36. The summed E-state index contributed by atoms with van der Waals surface area (Å²) in [5.41, 5.74) is 0.646. The minimum Gasteiger partial charge on any atom is -0.356 e. The van der Waals surface area contributed by atoms with E-state index >= 15 is 0 Å². The lowest BCUT2D eigenvalue weighted by Gasteiger charge is -2.44. The Labute approximate surface area is 128 Å². The van der Waals surface area contributed by atoms with E-state index in [1.54, 1.807) is 6.20 Å². The molecular weight excluding hydrogens is 324 g/mol. The Morgan fingerprint density at radius 3 is 2.42 bits per heavy atom. The molecule has 1 aromatic rings. The fourth-order valence-electron chi connectivity index (χ4n) is 3.63. The zero-order valence-electron chi connectivity index (χ0n) is 11.2. The molecule has 1 spiro atoms. The van der Waals surface area contributed by atoms with E-state index in [9.17, 15) is 0 Å². The summed E-state index contributed by atoms with van der Waals surface area (Å²) in [5.74, 6) is 1.05. The first-order valence-corrected chi connectivity index (χ1v) is 8.42. The average molecular weight is 344 g/mol. The predicted octanol–water partition coefficient (Wildman–Crippen LogP) is 5.05. The van der Waals surface area contributed by atoms with Crippen LogP contribution in [0.15, 0.2) is 16.7 Å². The normalized spacial score (nSPS) is 22.7. The maximum absolute atomic E-state index is 5.96. The van der Waals surface area contributed by atoms with Crippen LogP contribution in [0.5, 0.6) is 0 Å². The molecule has 0 unspecified atom stereocenters. The van der Waals surface area contributed by atoms with Gasteiger partial charge in [-0.25, -0.2) is 4.98 Å². The summed E-state index contributed by atoms with van der Waals surface area (Å²) in [7, 11) is 0. The number of halogens is 2. The first kappa shape index (κ1) is 13.7. The SMILES string of the molecule is Clc1cnc(N2CCC3(CCCCC3)CC2)c(Br)c1. The van der Waals surface area contributed by atoms with Gasteiger partial charge in [0.05, 0.1) is 9.50 Å². The van der Waals surface area contributed by atoms with Crippen molar-refractivity contribution in [2.75, 3.05) is 18.0 Å². The molecule has 19 heavy (non-hydrogen) atoms. The molecule has 0 atom stereocenters. The van der Waals surface area contributed by atoms with E-state index < -0.39 is 0 Å². The Bertz CT molecular complexity index is 447. The highest BCUT2D eigenvalue weighted by Crippen LogP contribution is 2.45. The molecule has 2 aliphatic rings. The van der Waals surface area contributed by atoms with E-state index in [-0.39, 0.29) is 0 Å². The van der Waals surface area contributed by atoms with Crippen LogP contribution < -0.4 is 4.90 Å². The molecular formula is C15H20BrClN2. The van der Waals surface area contributed by atoms with Crippen LogP contribution in [0.1, 0.15) is 44.9 Å². The van der Waals surface area contributed by atoms with Gasteiger partial charge in [-0.2, -0.15) is 0 Å². The van der Waals surface area contributed by atoms with Crippen molar-refractivity contribution in [3.05, 3.63) is 21.8 Å². The van der Waals surface area contributed by atoms with Crippen LogP contribution in [-0.2, 0) is 0 Å². The predicted molar refractivity (Wildman–Crippen MR) is 83.9 cm³/mol. The standard InChI is InChI=1S/C15H20BrClN2/c16-13-10-12(17)11-18-14(13)19-8-6-15(7-9-19)4-2-1-3-5-15/h10-11H,1-9H2. The zero-order chi connectivity index (χ0) is 13.3. The molecule has 1 aliphatic carbocycles. The maximum Gasteiger partial charge on any atom is 0.142 e. The van der Waals surface area contributed by atoms with E-state index in [0.29, 0.717) is 10.4 Å². The zero-order valence-corrected chi connectivity index (χ0v) is 13.5. The lowest BCUT2D eigenvalue weighted by atomic mass is 9.68. The number of aromatic nitrogens is 1. The highest BCUT2D eigenvalue weighted by molar-refractivity contribution is 9.10. The molecule has 0 N–H and O–H groups in total. The van der Waals surface area contributed by atoms with Gasteiger partial charge in [0, 0.05) is 19.3 Å². The third kappa shape index (κ3) is 2.92. The average Bonchev–Trinajstić information content (AvgIpc) is 2.41. The van der Waals surface area contributed by atoms with Gasteiger partial charge < -0.3 is 4.90 Å². The maximum atomic E-state index is 5.96. The van der Waals surface area contributed by atoms with Gasteiger partial charge in [-0.3, -0.25) is 0 Å². The fourth-order valence-corrected chi connectivity index (χ4v) is 4.52. The topological polar surface area (TPSA) is 16.1 Å². The van der Waals surface area contributed by atoms with Crippen molar-refractivity contribution in [3.63, 3.8) is 0 Å². The summed E-state index contributed by atoms with van der Waals surface area (Å²) < 4.78 is 1.01. The molecule has 0 bridgehead atoms. The van der Waals surface area contributed by atoms with Gasteiger partial charge in [-0.15, -0.1) is 0 Å². The molecule has 1 saturated carbocycles. The molecule has 3 rings (SSSR count). The largest absolute Gasteiger partial charge is 0.356 e. The van der Waals surface area contributed by atoms with Crippen LogP contribution in [-0.4, -0.2) is 18.1 Å². The summed E-state index contributed by atoms with van der Waals surface area (Å²) in [6.07, 6.45) is 11.6. The minimum atomic E-state index is 0.646. The van der Waals surface area contributed by atoms with Crippen LogP contribution in [0.4, 0.5) is 5.82 Å². The first-order chi connectivity index (χ1) is 9.19. The number of nitrogens with zero attached hydrogens (tertiary/aromatic N) is 2. The lowest BCUT2D eigenvalue weighted by Crippen LogP contribution is -2.41. The molecule has 1 aliphatic heterocycles. The van der Waals surface area contributed by atoms with Crippen LogP contribution in [0, 0.1) is 5.41 Å². The molecule has 4 heteroatoms. The van der Waals surface area contributed by atoms with E-state index in [1.165, 1.54) is 44.9 Å². The monoisotopic (exact) mass is 342 g/mol. The molecule has 0 amide bonds. The van der Waals surface area contributed by atoms with Crippen molar-refractivity contribution in [1.82, 2.24) is 4.98 Å². The fraction of sp³-hybridized carbons (Fsp3) is 0.667. The van der Waals surface area contributed by atoms with Crippen molar-refractivity contribution in [2.45, 2.75) is 44.9 Å². The van der Waals surface area contributed by atoms with E-state index in [1.807, 2.05) is 6.07 Å². The summed E-state index contributed by atoms with van der Waals surface area (Å²) in [5, 5.41) is 0.691. The number of hydrogen-bond donors (Lipinski definition) is 0. The number of rotatable bonds is 1. The number of pyridine rings is 1. The Balaban J connectivity index is 1.69. The van der Waals surface area contributed by atoms with Crippen molar-refractivity contribution < 1.29 is 0 Å². The molecule has 2 fully saturated rings. The lowest BCUT2D eigenvalue weighted by molar-refractivity contribution is 0.144. The van der Waals surface area contributed by atoms with Crippen LogP contribution in [0.25, 0.3) is 0 Å². The van der Waals surface area contributed by atoms with E-state index in [4.69, 9.17) is 11.6 Å². The van der Waals surface area contributed by atoms with Gasteiger partial charge in [0.25, 0.3) is 0 Å². The van der Waals surface area contributed by atoms with Crippen LogP contribution in [0.3, 0.4) is 0 Å². The number of hydrogen-bond acceptors (Lipinski definition) is 2. The second kappa shape index (κ2) is 5.61. The number of anilines is 1. The van der Waals surface area contributed by atoms with Gasteiger partial charge in [0.2, 0.25) is 0 Å². The minimum absolute atomic E-state index is 0.646. The summed E-state index contributed by atoms with van der Waals surface area (Å²) in [6, 6.07) is 1.94. The summed E-state index contributed by atoms with van der Waals surface area (Å²) >= 11 is 9.54. The smallest absolute Gasteiger partial charge is 0.142 e. The Kier molecular flexibility index (Phi) is 4.04. The van der Waals surface area contributed by atoms with Gasteiger partial charge in [-0.05, 0) is 53.1 Å². The molecule has 0 radical (unpaired) electrons. The van der Waals surface area contributed by atoms with Crippen molar-refractivity contribution in [3.8, 4) is 0 Å². The van der Waals surface area contributed by atoms with E-state index in [0.717, 1.165) is 23.4 Å². The van der Waals surface area contributed by atoms with Crippen molar-refractivity contribution >= 4 is 33.3 Å². The van der Waals surface area contributed by atoms with Gasteiger partial charge in [0.1, 0.15) is 5.82 Å². The Morgan fingerprint density at radius 1 is 1.11 bits per heavy atom. The Hall–Kier alpha value is -0.280. The first-order valence-electron chi connectivity index (χ1n) is 7.25. The van der Waals surface area contributed by atoms with Crippen molar-refractivity contribution in [2.24, 2.45) is 5.41 Å². The van der Waals surface area contributed by atoms with Crippen molar-refractivity contribution in [1.29, 1.82) is 0 Å². The molecule has 0 aromatic carbocycles. The summed E-state index contributed by atoms with van der Waals surface area (Å²) in [6.45, 7) is 2.26. The third-order valence-electron chi connectivity index (χ3n) is 4.83. The molecule has 104 valence electrons. The highest BCUT2D eigenvalue weighted by atomic mass is 79.9. The quantitative estimate of drug-likeness (QED) is 0.709.